The number of nitrogens with one attached hydrogen (secondary N) is 1. The van der Waals surface area contributed by atoms with Crippen molar-refractivity contribution in [1.82, 2.24) is 19.8 Å². The molecule has 1 saturated heterocycles. The fraction of sp³-hybridized carbons (Fsp3) is 0.391. The van der Waals surface area contributed by atoms with Gasteiger partial charge in [-0.15, -0.1) is 0 Å². The molecule has 1 aliphatic rings. The predicted octanol–water partition coefficient (Wildman–Crippen LogP) is 4.33. The van der Waals surface area contributed by atoms with Crippen LogP contribution in [0, 0.1) is 25.5 Å². The smallest absolute Gasteiger partial charge is 0.284 e. The number of imidazole rings is 1. The van der Waals surface area contributed by atoms with Crippen molar-refractivity contribution < 1.29 is 18.3 Å². The Labute approximate surface area is 179 Å². The number of hydrogen-bond acceptors (Lipinski definition) is 4. The highest BCUT2D eigenvalue weighted by molar-refractivity contribution is 5.94. The first kappa shape index (κ1) is 21.2. The lowest BCUT2D eigenvalue weighted by molar-refractivity contribution is 0.0787. The lowest BCUT2D eigenvalue weighted by Crippen LogP contribution is -2.43. The van der Waals surface area contributed by atoms with E-state index in [2.05, 4.69) is 10.4 Å². The van der Waals surface area contributed by atoms with Gasteiger partial charge in [0, 0.05) is 19.3 Å². The molecule has 0 atom stereocenters. The molecular weight excluding hydrogens is 402 g/mol. The average Bonchev–Trinajstić information content (AvgIpc) is 2.87. The van der Waals surface area contributed by atoms with Crippen molar-refractivity contribution in [3.8, 4) is 5.75 Å². The molecule has 0 radical (unpaired) electrons. The van der Waals surface area contributed by atoms with E-state index < -0.39 is 11.6 Å². The number of carbonyl (C=O) groups is 1. The van der Waals surface area contributed by atoms with Crippen molar-refractivity contribution in [1.29, 1.82) is 0 Å². The zero-order chi connectivity index (χ0) is 22.0. The number of halogens is 2. The summed E-state index contributed by atoms with van der Waals surface area (Å²) in [5, 5.41) is 1.96. The molecule has 31 heavy (non-hydrogen) atoms. The highest BCUT2D eigenvalue weighted by Crippen LogP contribution is 2.26. The maximum absolute atomic E-state index is 14.0. The summed E-state index contributed by atoms with van der Waals surface area (Å²) in [5.74, 6) is -1.20. The summed E-state index contributed by atoms with van der Waals surface area (Å²) in [7, 11) is 0. The van der Waals surface area contributed by atoms with Crippen LogP contribution in [0.15, 0.2) is 30.5 Å². The second-order valence-electron chi connectivity index (χ2n) is 7.95. The lowest BCUT2D eigenvalue weighted by Gasteiger charge is -2.20. The van der Waals surface area contributed by atoms with Gasteiger partial charge in [0.2, 0.25) is 0 Å². The standard InChI is InChI=1S/C23H26F2N4O2/c1-15-12-20(31-14-17-18(24)8-7-9-19(17)25)22-26-16(2)21(29(22)13-15)23(30)27-28-10-5-3-4-6-11-28/h7-9,12-13H,3-6,10-11,14H2,1-2H3,(H,27,30). The van der Waals surface area contributed by atoms with Crippen LogP contribution in [0.4, 0.5) is 8.78 Å². The molecular formula is C23H26F2N4O2. The molecule has 1 aromatic carbocycles. The molecule has 3 heterocycles. The van der Waals surface area contributed by atoms with Crippen LogP contribution < -0.4 is 10.2 Å². The molecule has 1 N–H and O–H groups in total. The van der Waals surface area contributed by atoms with Crippen molar-refractivity contribution in [2.75, 3.05) is 13.1 Å². The Balaban J connectivity index is 1.62. The van der Waals surface area contributed by atoms with E-state index in [4.69, 9.17) is 4.74 Å². The number of carbonyl (C=O) groups excluding carboxylic acids is 1. The Morgan fingerprint density at radius 1 is 1.13 bits per heavy atom. The average molecular weight is 428 g/mol. The van der Waals surface area contributed by atoms with Crippen molar-refractivity contribution in [2.24, 2.45) is 0 Å². The summed E-state index contributed by atoms with van der Waals surface area (Å²) >= 11 is 0. The first-order chi connectivity index (χ1) is 14.9. The van der Waals surface area contributed by atoms with Crippen molar-refractivity contribution in [3.05, 3.63) is 64.6 Å². The SMILES string of the molecule is Cc1cc(OCc2c(F)cccc2F)c2nc(C)c(C(=O)NN3CCCCCC3)n2c1. The van der Waals surface area contributed by atoms with E-state index in [1.807, 2.05) is 18.1 Å². The van der Waals surface area contributed by atoms with E-state index in [0.717, 1.165) is 31.5 Å². The molecule has 0 spiro atoms. The molecule has 0 saturated carbocycles. The van der Waals surface area contributed by atoms with Gasteiger partial charge in [0.05, 0.1) is 11.3 Å². The molecule has 0 unspecified atom stereocenters. The minimum Gasteiger partial charge on any atom is -0.485 e. The van der Waals surface area contributed by atoms with Gasteiger partial charge < -0.3 is 4.74 Å². The maximum atomic E-state index is 14.0. The summed E-state index contributed by atoms with van der Waals surface area (Å²) in [6, 6.07) is 5.44. The fourth-order valence-electron chi connectivity index (χ4n) is 3.94. The number of aryl methyl sites for hydroxylation is 2. The Morgan fingerprint density at radius 2 is 1.81 bits per heavy atom. The second-order valence-corrected chi connectivity index (χ2v) is 7.95. The van der Waals surface area contributed by atoms with Gasteiger partial charge in [-0.3, -0.25) is 14.6 Å². The van der Waals surface area contributed by atoms with Crippen LogP contribution in [-0.4, -0.2) is 33.4 Å². The largest absolute Gasteiger partial charge is 0.485 e. The molecule has 4 rings (SSSR count). The third kappa shape index (κ3) is 4.54. The van der Waals surface area contributed by atoms with E-state index in [-0.39, 0.29) is 18.1 Å². The maximum Gasteiger partial charge on any atom is 0.284 e. The molecule has 164 valence electrons. The van der Waals surface area contributed by atoms with Gasteiger partial charge in [0.15, 0.2) is 11.4 Å². The number of ether oxygens (including phenoxy) is 1. The Kier molecular flexibility index (Phi) is 6.18. The van der Waals surface area contributed by atoms with E-state index in [1.54, 1.807) is 17.4 Å². The molecule has 6 nitrogen and oxygen atoms in total. The van der Waals surface area contributed by atoms with Crippen molar-refractivity contribution in [3.63, 3.8) is 0 Å². The van der Waals surface area contributed by atoms with Gasteiger partial charge in [-0.1, -0.05) is 18.9 Å². The van der Waals surface area contributed by atoms with E-state index >= 15 is 0 Å². The minimum absolute atomic E-state index is 0.149. The quantitative estimate of drug-likeness (QED) is 0.657. The summed E-state index contributed by atoms with van der Waals surface area (Å²) in [6.45, 7) is 4.99. The highest BCUT2D eigenvalue weighted by Gasteiger charge is 2.22. The first-order valence-corrected chi connectivity index (χ1v) is 10.5. The van der Waals surface area contributed by atoms with Crippen LogP contribution in [0.25, 0.3) is 5.65 Å². The zero-order valence-electron chi connectivity index (χ0n) is 17.8. The van der Waals surface area contributed by atoms with Crippen LogP contribution in [0.3, 0.4) is 0 Å². The Morgan fingerprint density at radius 3 is 2.48 bits per heavy atom. The van der Waals surface area contributed by atoms with Gasteiger partial charge in [-0.25, -0.2) is 18.8 Å². The first-order valence-electron chi connectivity index (χ1n) is 10.5. The van der Waals surface area contributed by atoms with Gasteiger partial charge >= 0.3 is 0 Å². The molecule has 1 amide bonds. The normalized spacial score (nSPS) is 15.1. The van der Waals surface area contributed by atoms with Crippen LogP contribution in [0.2, 0.25) is 0 Å². The van der Waals surface area contributed by atoms with E-state index in [1.165, 1.54) is 31.0 Å². The van der Waals surface area contributed by atoms with Crippen LogP contribution >= 0.6 is 0 Å². The second kappa shape index (κ2) is 9.01. The van der Waals surface area contributed by atoms with Crippen LogP contribution in [0.1, 0.15) is 53.0 Å². The summed E-state index contributed by atoms with van der Waals surface area (Å²) in [6.07, 6.45) is 6.25. The molecule has 1 aliphatic heterocycles. The molecule has 0 aliphatic carbocycles. The van der Waals surface area contributed by atoms with Gasteiger partial charge in [0.1, 0.15) is 23.9 Å². The topological polar surface area (TPSA) is 58.9 Å². The van der Waals surface area contributed by atoms with Gasteiger partial charge in [-0.05, 0) is 50.5 Å². The zero-order valence-corrected chi connectivity index (χ0v) is 17.8. The number of rotatable bonds is 5. The van der Waals surface area contributed by atoms with Gasteiger partial charge in [-0.2, -0.15) is 0 Å². The van der Waals surface area contributed by atoms with Crippen LogP contribution in [0.5, 0.6) is 5.75 Å². The van der Waals surface area contributed by atoms with Gasteiger partial charge in [0.25, 0.3) is 5.91 Å². The number of aromatic nitrogens is 2. The Bertz CT molecular complexity index is 1080. The third-order valence-corrected chi connectivity index (χ3v) is 5.51. The molecule has 0 bridgehead atoms. The molecule has 3 aromatic rings. The number of benzene rings is 1. The number of pyridine rings is 1. The predicted molar refractivity (Wildman–Crippen MR) is 113 cm³/mol. The molecule has 1 fully saturated rings. The third-order valence-electron chi connectivity index (χ3n) is 5.51. The number of nitrogens with zero attached hydrogens (tertiary/aromatic N) is 3. The molecule has 2 aromatic heterocycles. The Hall–Kier alpha value is -3.00. The minimum atomic E-state index is -0.666. The fourth-order valence-corrected chi connectivity index (χ4v) is 3.94. The number of hydrazine groups is 1. The number of amides is 1. The van der Waals surface area contributed by atoms with Crippen molar-refractivity contribution >= 4 is 11.6 Å². The number of fused-ring (bicyclic) bond motifs is 1. The monoisotopic (exact) mass is 428 g/mol. The summed E-state index contributed by atoms with van der Waals surface area (Å²) in [4.78, 5) is 17.6. The van der Waals surface area contributed by atoms with E-state index in [0.29, 0.717) is 22.8 Å². The van der Waals surface area contributed by atoms with Crippen molar-refractivity contribution in [2.45, 2.75) is 46.1 Å². The summed E-state index contributed by atoms with van der Waals surface area (Å²) in [5.41, 5.74) is 5.09. The number of hydrogen-bond donors (Lipinski definition) is 1. The highest BCUT2D eigenvalue weighted by atomic mass is 19.1. The van der Waals surface area contributed by atoms with E-state index in [9.17, 15) is 13.6 Å². The van der Waals surface area contributed by atoms with Crippen LogP contribution in [-0.2, 0) is 6.61 Å². The lowest BCUT2D eigenvalue weighted by atomic mass is 10.2. The summed E-state index contributed by atoms with van der Waals surface area (Å²) < 4.78 is 35.4. The molecule has 8 heteroatoms.